The maximum absolute atomic E-state index is 12.6. The Morgan fingerprint density at radius 2 is 1.82 bits per heavy atom. The molecule has 2 aliphatic rings. The van der Waals surface area contributed by atoms with E-state index in [4.69, 9.17) is 0 Å². The molecule has 2 N–H and O–H groups in total. The lowest BCUT2D eigenvalue weighted by Gasteiger charge is -2.42. The average molecular weight is 387 g/mol. The summed E-state index contributed by atoms with van der Waals surface area (Å²) in [6.45, 7) is 4.70. The monoisotopic (exact) mass is 386 g/mol. The third kappa shape index (κ3) is 5.79. The van der Waals surface area contributed by atoms with Gasteiger partial charge in [-0.05, 0) is 51.3 Å². The van der Waals surface area contributed by atoms with Gasteiger partial charge in [0.05, 0.1) is 12.5 Å². The van der Waals surface area contributed by atoms with Gasteiger partial charge >= 0.3 is 0 Å². The summed E-state index contributed by atoms with van der Waals surface area (Å²) in [7, 11) is 1.81. The molecular weight excluding hydrogens is 352 g/mol. The maximum atomic E-state index is 12.6. The number of nitrogens with zero attached hydrogens (tertiary/aromatic N) is 2. The summed E-state index contributed by atoms with van der Waals surface area (Å²) in [6, 6.07) is 10.8. The van der Waals surface area contributed by atoms with E-state index < -0.39 is 0 Å². The minimum atomic E-state index is 0.0912. The molecule has 0 radical (unpaired) electrons. The molecule has 154 valence electrons. The van der Waals surface area contributed by atoms with Crippen molar-refractivity contribution in [2.75, 3.05) is 46.3 Å². The van der Waals surface area contributed by atoms with Gasteiger partial charge in [-0.3, -0.25) is 14.5 Å². The molecule has 1 aromatic rings. The van der Waals surface area contributed by atoms with Crippen molar-refractivity contribution < 1.29 is 9.59 Å². The molecule has 1 atom stereocenters. The van der Waals surface area contributed by atoms with Gasteiger partial charge in [-0.15, -0.1) is 0 Å². The number of likely N-dealkylation sites (tertiary alicyclic amines) is 2. The largest absolute Gasteiger partial charge is 0.355 e. The Hall–Kier alpha value is -1.92. The third-order valence-electron chi connectivity index (χ3n) is 6.04. The van der Waals surface area contributed by atoms with Crippen molar-refractivity contribution in [3.63, 3.8) is 0 Å². The highest BCUT2D eigenvalue weighted by Gasteiger charge is 2.32. The van der Waals surface area contributed by atoms with Crippen LogP contribution in [0.1, 0.15) is 31.2 Å². The second kappa shape index (κ2) is 10.6. The SMILES string of the molecule is CNCC(=O)N1CCC(N2CCC[C@@H](C(=O)NCCc3ccccc3)C2)CC1. The van der Waals surface area contributed by atoms with Crippen molar-refractivity contribution in [2.45, 2.75) is 38.1 Å². The molecule has 6 nitrogen and oxygen atoms in total. The van der Waals surface area contributed by atoms with Gasteiger partial charge in [-0.25, -0.2) is 0 Å². The van der Waals surface area contributed by atoms with Crippen molar-refractivity contribution in [2.24, 2.45) is 5.92 Å². The lowest BCUT2D eigenvalue weighted by molar-refractivity contribution is -0.131. The van der Waals surface area contributed by atoms with E-state index >= 15 is 0 Å². The number of amides is 2. The highest BCUT2D eigenvalue weighted by molar-refractivity contribution is 5.79. The van der Waals surface area contributed by atoms with Crippen molar-refractivity contribution in [3.05, 3.63) is 35.9 Å². The van der Waals surface area contributed by atoms with Gasteiger partial charge in [0, 0.05) is 32.2 Å². The second-order valence-corrected chi connectivity index (χ2v) is 8.00. The van der Waals surface area contributed by atoms with E-state index in [0.717, 1.165) is 58.3 Å². The normalized spacial score (nSPS) is 21.5. The van der Waals surface area contributed by atoms with E-state index in [-0.39, 0.29) is 17.7 Å². The number of carbonyl (C=O) groups excluding carboxylic acids is 2. The summed E-state index contributed by atoms with van der Waals surface area (Å²) < 4.78 is 0. The Labute approximate surface area is 168 Å². The molecule has 0 saturated carbocycles. The Balaban J connectivity index is 1.41. The Bertz CT molecular complexity index is 629. The minimum absolute atomic E-state index is 0.0912. The predicted octanol–water partition coefficient (Wildman–Crippen LogP) is 1.27. The smallest absolute Gasteiger partial charge is 0.236 e. The van der Waals surface area contributed by atoms with Crippen molar-refractivity contribution in [1.82, 2.24) is 20.4 Å². The number of nitrogens with one attached hydrogen (secondary N) is 2. The first kappa shape index (κ1) is 20.8. The molecule has 2 saturated heterocycles. The Morgan fingerprint density at radius 1 is 1.07 bits per heavy atom. The first-order valence-electron chi connectivity index (χ1n) is 10.7. The molecule has 2 aliphatic heterocycles. The summed E-state index contributed by atoms with van der Waals surface area (Å²) in [5.41, 5.74) is 1.26. The molecule has 28 heavy (non-hydrogen) atoms. The zero-order chi connectivity index (χ0) is 19.8. The van der Waals surface area contributed by atoms with E-state index in [9.17, 15) is 9.59 Å². The zero-order valence-corrected chi connectivity index (χ0v) is 17.0. The summed E-state index contributed by atoms with van der Waals surface area (Å²) in [5.74, 6) is 0.478. The van der Waals surface area contributed by atoms with Gasteiger partial charge in [0.1, 0.15) is 0 Å². The van der Waals surface area contributed by atoms with Crippen LogP contribution >= 0.6 is 0 Å². The number of benzene rings is 1. The maximum Gasteiger partial charge on any atom is 0.236 e. The van der Waals surface area contributed by atoms with Crippen LogP contribution in [0.15, 0.2) is 30.3 Å². The number of carbonyl (C=O) groups is 2. The first-order valence-corrected chi connectivity index (χ1v) is 10.7. The topological polar surface area (TPSA) is 64.7 Å². The molecule has 2 heterocycles. The Morgan fingerprint density at radius 3 is 2.54 bits per heavy atom. The summed E-state index contributed by atoms with van der Waals surface area (Å²) >= 11 is 0. The summed E-state index contributed by atoms with van der Waals surface area (Å²) in [5, 5.41) is 6.07. The number of rotatable bonds is 7. The highest BCUT2D eigenvalue weighted by Crippen LogP contribution is 2.24. The van der Waals surface area contributed by atoms with Gasteiger partial charge in [0.2, 0.25) is 11.8 Å². The third-order valence-corrected chi connectivity index (χ3v) is 6.04. The number of likely N-dealkylation sites (N-methyl/N-ethyl adjacent to an activating group) is 1. The van der Waals surface area contributed by atoms with Gasteiger partial charge in [-0.1, -0.05) is 30.3 Å². The zero-order valence-electron chi connectivity index (χ0n) is 17.0. The Kier molecular flexibility index (Phi) is 7.86. The average Bonchev–Trinajstić information content (AvgIpc) is 2.75. The lowest BCUT2D eigenvalue weighted by atomic mass is 9.93. The summed E-state index contributed by atoms with van der Waals surface area (Å²) in [6.07, 6.45) is 4.96. The van der Waals surface area contributed by atoms with Crippen LogP contribution in [0.4, 0.5) is 0 Å². The van der Waals surface area contributed by atoms with Crippen LogP contribution in [0, 0.1) is 5.92 Å². The van der Waals surface area contributed by atoms with Gasteiger partial charge in [-0.2, -0.15) is 0 Å². The standard InChI is InChI=1S/C22H34N4O2/c1-23-16-21(27)25-14-10-20(11-15-25)26-13-5-8-19(17-26)22(28)24-12-9-18-6-3-2-4-7-18/h2-4,6-7,19-20,23H,5,8-17H2,1H3,(H,24,28)/t19-/m1/s1. The van der Waals surface area contributed by atoms with Gasteiger partial charge < -0.3 is 15.5 Å². The molecule has 0 bridgehead atoms. The molecule has 0 aromatic heterocycles. The molecule has 0 unspecified atom stereocenters. The fourth-order valence-electron chi connectivity index (χ4n) is 4.41. The van der Waals surface area contributed by atoms with Gasteiger partial charge in [0.25, 0.3) is 0 Å². The van der Waals surface area contributed by atoms with Crippen LogP contribution < -0.4 is 10.6 Å². The second-order valence-electron chi connectivity index (χ2n) is 8.00. The highest BCUT2D eigenvalue weighted by atomic mass is 16.2. The van der Waals surface area contributed by atoms with Crippen LogP contribution in [0.25, 0.3) is 0 Å². The molecule has 0 spiro atoms. The van der Waals surface area contributed by atoms with Crippen molar-refractivity contribution in [1.29, 1.82) is 0 Å². The van der Waals surface area contributed by atoms with Crippen molar-refractivity contribution in [3.8, 4) is 0 Å². The van der Waals surface area contributed by atoms with E-state index in [0.29, 0.717) is 19.1 Å². The van der Waals surface area contributed by atoms with Crippen LogP contribution in [-0.4, -0.2) is 74.0 Å². The van der Waals surface area contributed by atoms with Gasteiger partial charge in [0.15, 0.2) is 0 Å². The molecule has 2 fully saturated rings. The van der Waals surface area contributed by atoms with Crippen molar-refractivity contribution >= 4 is 11.8 Å². The fourth-order valence-corrected chi connectivity index (χ4v) is 4.41. The molecule has 1 aromatic carbocycles. The van der Waals surface area contributed by atoms with E-state index in [1.54, 1.807) is 0 Å². The molecule has 2 amide bonds. The predicted molar refractivity (Wildman–Crippen MR) is 111 cm³/mol. The fraction of sp³-hybridized carbons (Fsp3) is 0.636. The van der Waals surface area contributed by atoms with E-state index in [1.165, 1.54) is 5.56 Å². The number of piperidine rings is 2. The van der Waals surface area contributed by atoms with Crippen LogP contribution in [0.2, 0.25) is 0 Å². The first-order chi connectivity index (χ1) is 13.7. The van der Waals surface area contributed by atoms with Crippen LogP contribution in [0.5, 0.6) is 0 Å². The van der Waals surface area contributed by atoms with Crippen LogP contribution in [-0.2, 0) is 16.0 Å². The summed E-state index contributed by atoms with van der Waals surface area (Å²) in [4.78, 5) is 29.1. The molecule has 3 rings (SSSR count). The molecule has 0 aliphatic carbocycles. The molecular formula is C22H34N4O2. The van der Waals surface area contributed by atoms with E-state index in [1.807, 2.05) is 30.1 Å². The number of hydrogen-bond donors (Lipinski definition) is 2. The minimum Gasteiger partial charge on any atom is -0.355 e. The quantitative estimate of drug-likeness (QED) is 0.741. The van der Waals surface area contributed by atoms with E-state index in [2.05, 4.69) is 27.7 Å². The van der Waals surface area contributed by atoms with Crippen LogP contribution in [0.3, 0.4) is 0 Å². The number of hydrogen-bond acceptors (Lipinski definition) is 4. The lowest BCUT2D eigenvalue weighted by Crippen LogP contribution is -2.52. The molecule has 6 heteroatoms.